The summed E-state index contributed by atoms with van der Waals surface area (Å²) in [5.74, 6) is -0.176. The molecule has 2 heterocycles. The summed E-state index contributed by atoms with van der Waals surface area (Å²) in [5.41, 5.74) is 3.42. The zero-order valence-corrected chi connectivity index (χ0v) is 7.68. The number of H-pyrrole nitrogens is 1. The molecule has 0 unspecified atom stereocenters. The zero-order chi connectivity index (χ0) is 9.54. The molecule has 0 amide bonds. The van der Waals surface area contributed by atoms with Crippen LogP contribution in [0.1, 0.15) is 11.3 Å². The Hall–Kier alpha value is -1.35. The van der Waals surface area contributed by atoms with Crippen LogP contribution in [0.5, 0.6) is 0 Å². The van der Waals surface area contributed by atoms with Crippen molar-refractivity contribution in [2.24, 2.45) is 0 Å². The Labute approximate surface area is 81.1 Å². The number of fused-ring (bicyclic) bond motifs is 3. The van der Waals surface area contributed by atoms with Crippen LogP contribution in [0.25, 0.3) is 10.9 Å². The first-order chi connectivity index (χ1) is 6.84. The van der Waals surface area contributed by atoms with E-state index in [1.165, 1.54) is 17.3 Å². The molecule has 1 aliphatic rings. The number of aromatic nitrogens is 1. The van der Waals surface area contributed by atoms with E-state index in [0.29, 0.717) is 0 Å². The van der Waals surface area contributed by atoms with Crippen LogP contribution < -0.4 is 5.32 Å². The Kier molecular flexibility index (Phi) is 1.61. The third-order valence-electron chi connectivity index (χ3n) is 2.75. The molecular formula is C11H10FN2. The lowest BCUT2D eigenvalue weighted by Gasteiger charge is -2.10. The lowest BCUT2D eigenvalue weighted by atomic mass is 10.1. The van der Waals surface area contributed by atoms with Crippen LogP contribution in [0.3, 0.4) is 0 Å². The molecule has 1 N–H and O–H groups in total. The molecule has 0 saturated heterocycles. The molecule has 3 heteroatoms. The van der Waals surface area contributed by atoms with E-state index < -0.39 is 0 Å². The largest absolute Gasteiger partial charge is 0.358 e. The third kappa shape index (κ3) is 1.06. The van der Waals surface area contributed by atoms with Gasteiger partial charge in [0.05, 0.1) is 0 Å². The smallest absolute Gasteiger partial charge is 0.123 e. The normalized spacial score (nSPS) is 15.8. The molecular weight excluding hydrogens is 179 g/mol. The molecule has 0 atom stereocenters. The first-order valence-electron chi connectivity index (χ1n) is 4.77. The first-order valence-corrected chi connectivity index (χ1v) is 4.77. The van der Waals surface area contributed by atoms with E-state index in [9.17, 15) is 4.39 Å². The van der Waals surface area contributed by atoms with E-state index >= 15 is 0 Å². The molecule has 1 aliphatic heterocycles. The van der Waals surface area contributed by atoms with Crippen LogP contribution in [-0.2, 0) is 13.0 Å². The Balaban J connectivity index is 2.32. The minimum atomic E-state index is -0.176. The van der Waals surface area contributed by atoms with Crippen molar-refractivity contribution in [3.05, 3.63) is 35.3 Å². The van der Waals surface area contributed by atoms with Crippen molar-refractivity contribution >= 4 is 10.9 Å². The summed E-state index contributed by atoms with van der Waals surface area (Å²) in [7, 11) is 0. The van der Waals surface area contributed by atoms with Gasteiger partial charge in [0.2, 0.25) is 0 Å². The topological polar surface area (TPSA) is 29.9 Å². The van der Waals surface area contributed by atoms with Crippen LogP contribution >= 0.6 is 0 Å². The first kappa shape index (κ1) is 8.00. The van der Waals surface area contributed by atoms with Gasteiger partial charge in [0.1, 0.15) is 5.82 Å². The molecule has 71 valence electrons. The lowest BCUT2D eigenvalue weighted by Crippen LogP contribution is -2.16. The monoisotopic (exact) mass is 189 g/mol. The average Bonchev–Trinajstić information content (AvgIpc) is 2.56. The van der Waals surface area contributed by atoms with Crippen LogP contribution in [0.2, 0.25) is 0 Å². The van der Waals surface area contributed by atoms with Crippen LogP contribution in [0.15, 0.2) is 18.2 Å². The summed E-state index contributed by atoms with van der Waals surface area (Å²) >= 11 is 0. The SMILES string of the molecule is Fc1ccc2[nH]c3c(c2c1)C[N]CC3. The number of nitrogens with zero attached hydrogens (tertiary/aromatic N) is 1. The van der Waals surface area contributed by atoms with Crippen molar-refractivity contribution < 1.29 is 4.39 Å². The Bertz CT molecular complexity index is 487. The Morgan fingerprint density at radius 3 is 3.21 bits per heavy atom. The fourth-order valence-corrected chi connectivity index (χ4v) is 2.05. The highest BCUT2D eigenvalue weighted by molar-refractivity contribution is 5.84. The predicted molar refractivity (Wildman–Crippen MR) is 52.7 cm³/mol. The van der Waals surface area contributed by atoms with Gasteiger partial charge < -0.3 is 4.98 Å². The van der Waals surface area contributed by atoms with E-state index in [1.807, 2.05) is 0 Å². The third-order valence-corrected chi connectivity index (χ3v) is 2.75. The van der Waals surface area contributed by atoms with Crippen molar-refractivity contribution in [3.63, 3.8) is 0 Å². The predicted octanol–water partition coefficient (Wildman–Crippen LogP) is 1.97. The maximum atomic E-state index is 13.0. The summed E-state index contributed by atoms with van der Waals surface area (Å²) in [4.78, 5) is 3.32. The number of rotatable bonds is 0. The quantitative estimate of drug-likeness (QED) is 0.656. The van der Waals surface area contributed by atoms with Crippen molar-refractivity contribution in [3.8, 4) is 0 Å². The molecule has 0 fully saturated rings. The van der Waals surface area contributed by atoms with Gasteiger partial charge in [-0.1, -0.05) is 0 Å². The van der Waals surface area contributed by atoms with E-state index in [1.54, 1.807) is 12.1 Å². The zero-order valence-electron chi connectivity index (χ0n) is 7.68. The van der Waals surface area contributed by atoms with E-state index in [-0.39, 0.29) is 5.82 Å². The van der Waals surface area contributed by atoms with E-state index in [4.69, 9.17) is 0 Å². The molecule has 2 aromatic rings. The highest BCUT2D eigenvalue weighted by atomic mass is 19.1. The number of halogens is 1. The minimum Gasteiger partial charge on any atom is -0.358 e. The molecule has 1 radical (unpaired) electrons. The highest BCUT2D eigenvalue weighted by Gasteiger charge is 2.15. The fraction of sp³-hybridized carbons (Fsp3) is 0.273. The summed E-state index contributed by atoms with van der Waals surface area (Å²) in [6.45, 7) is 1.60. The van der Waals surface area contributed by atoms with Gasteiger partial charge in [-0.3, -0.25) is 0 Å². The van der Waals surface area contributed by atoms with Crippen molar-refractivity contribution in [2.45, 2.75) is 13.0 Å². The second kappa shape index (κ2) is 2.82. The van der Waals surface area contributed by atoms with Gasteiger partial charge in [-0.15, -0.1) is 0 Å². The second-order valence-corrected chi connectivity index (χ2v) is 3.63. The molecule has 0 aliphatic carbocycles. The lowest BCUT2D eigenvalue weighted by molar-refractivity contribution is 0.624. The highest BCUT2D eigenvalue weighted by Crippen LogP contribution is 2.25. The molecule has 2 nitrogen and oxygen atoms in total. The van der Waals surface area contributed by atoms with Crippen molar-refractivity contribution in [1.82, 2.24) is 10.3 Å². The van der Waals surface area contributed by atoms with Crippen LogP contribution in [0.4, 0.5) is 4.39 Å². The maximum Gasteiger partial charge on any atom is 0.123 e. The van der Waals surface area contributed by atoms with Crippen molar-refractivity contribution in [1.29, 1.82) is 0 Å². The summed E-state index contributed by atoms with van der Waals surface area (Å²) in [6, 6.07) is 4.87. The van der Waals surface area contributed by atoms with Gasteiger partial charge in [0, 0.05) is 36.1 Å². The molecule has 3 rings (SSSR count). The van der Waals surface area contributed by atoms with Gasteiger partial charge >= 0.3 is 0 Å². The molecule has 0 bridgehead atoms. The average molecular weight is 189 g/mol. The standard InChI is InChI=1S/C11H10FN2/c12-7-1-2-10-8(5-7)9-6-13-4-3-11(9)14-10/h1-2,5,14H,3-4,6H2. The number of hydrogen-bond acceptors (Lipinski definition) is 0. The molecule has 1 aromatic heterocycles. The Morgan fingerprint density at radius 1 is 1.36 bits per heavy atom. The maximum absolute atomic E-state index is 13.0. The molecule has 0 spiro atoms. The van der Waals surface area contributed by atoms with Gasteiger partial charge in [-0.05, 0) is 23.8 Å². The van der Waals surface area contributed by atoms with Gasteiger partial charge in [0.25, 0.3) is 0 Å². The van der Waals surface area contributed by atoms with Gasteiger partial charge in [-0.2, -0.15) is 0 Å². The number of benzene rings is 1. The second-order valence-electron chi connectivity index (χ2n) is 3.63. The summed E-state index contributed by atoms with van der Waals surface area (Å²) < 4.78 is 13.0. The van der Waals surface area contributed by atoms with Gasteiger partial charge in [-0.25, -0.2) is 9.71 Å². The van der Waals surface area contributed by atoms with Crippen LogP contribution in [-0.4, -0.2) is 11.5 Å². The van der Waals surface area contributed by atoms with Crippen LogP contribution in [0, 0.1) is 5.82 Å². The number of hydrogen-bond donors (Lipinski definition) is 1. The molecule has 1 aromatic carbocycles. The summed E-state index contributed by atoms with van der Waals surface area (Å²) in [5, 5.41) is 5.32. The van der Waals surface area contributed by atoms with E-state index in [2.05, 4.69) is 10.3 Å². The summed E-state index contributed by atoms with van der Waals surface area (Å²) in [6.07, 6.45) is 0.950. The Morgan fingerprint density at radius 2 is 2.29 bits per heavy atom. The van der Waals surface area contributed by atoms with Crippen molar-refractivity contribution in [2.75, 3.05) is 6.54 Å². The molecule has 0 saturated carbocycles. The van der Waals surface area contributed by atoms with Gasteiger partial charge in [0.15, 0.2) is 0 Å². The number of aromatic amines is 1. The van der Waals surface area contributed by atoms with E-state index in [0.717, 1.165) is 30.4 Å². The number of nitrogens with one attached hydrogen (secondary N) is 1. The fourth-order valence-electron chi connectivity index (χ4n) is 2.05. The minimum absolute atomic E-state index is 0.176. The molecule has 14 heavy (non-hydrogen) atoms.